The third kappa shape index (κ3) is 2.42. The van der Waals surface area contributed by atoms with E-state index in [-0.39, 0.29) is 5.78 Å². The highest BCUT2D eigenvalue weighted by Gasteiger charge is 2.14. The minimum Gasteiger partial charge on any atom is -0.381 e. The van der Waals surface area contributed by atoms with Crippen molar-refractivity contribution in [3.05, 3.63) is 40.7 Å². The zero-order valence-corrected chi connectivity index (χ0v) is 11.3. The maximum atomic E-state index is 11.7. The van der Waals surface area contributed by atoms with Crippen LogP contribution in [0, 0.1) is 0 Å². The van der Waals surface area contributed by atoms with Gasteiger partial charge in [0.1, 0.15) is 0 Å². The molecule has 0 aliphatic heterocycles. The first-order valence-electron chi connectivity index (χ1n) is 6.02. The van der Waals surface area contributed by atoms with E-state index in [2.05, 4.69) is 0 Å². The molecular formula is C14H16ClNO2. The zero-order valence-electron chi connectivity index (χ0n) is 10.6. The van der Waals surface area contributed by atoms with E-state index in [1.54, 1.807) is 13.0 Å². The number of halogens is 1. The standard InChI is InChI=1S/C14H16ClNO2/c1-3-18-8-6-11-9-12(10(2)17)14-13(15)5-4-7-16(11)14/h4-5,7,9H,3,6,8H2,1-2H3. The number of Topliss-reactive ketones (excluding diaryl/α,β-unsaturated/α-hetero) is 1. The molecule has 0 aromatic carbocycles. The summed E-state index contributed by atoms with van der Waals surface area (Å²) in [6, 6.07) is 5.58. The molecule has 3 nitrogen and oxygen atoms in total. The quantitative estimate of drug-likeness (QED) is 0.613. The maximum absolute atomic E-state index is 11.7. The first kappa shape index (κ1) is 13.1. The van der Waals surface area contributed by atoms with E-state index in [0.717, 1.165) is 17.6 Å². The van der Waals surface area contributed by atoms with Crippen molar-refractivity contribution in [1.29, 1.82) is 0 Å². The summed E-state index contributed by atoms with van der Waals surface area (Å²) < 4.78 is 7.33. The molecule has 0 saturated heterocycles. The van der Waals surface area contributed by atoms with Gasteiger partial charge in [-0.05, 0) is 32.0 Å². The summed E-state index contributed by atoms with van der Waals surface area (Å²) in [5, 5.41) is 0.602. The summed E-state index contributed by atoms with van der Waals surface area (Å²) in [4.78, 5) is 11.7. The first-order valence-corrected chi connectivity index (χ1v) is 6.40. The molecular weight excluding hydrogens is 250 g/mol. The Labute approximate surface area is 111 Å². The zero-order chi connectivity index (χ0) is 13.1. The fourth-order valence-corrected chi connectivity index (χ4v) is 2.33. The molecule has 4 heteroatoms. The largest absolute Gasteiger partial charge is 0.381 e. The van der Waals surface area contributed by atoms with E-state index in [9.17, 15) is 4.79 Å². The molecule has 96 valence electrons. The second kappa shape index (κ2) is 5.55. The minimum atomic E-state index is 0.0308. The van der Waals surface area contributed by atoms with Crippen LogP contribution in [0.3, 0.4) is 0 Å². The molecule has 0 N–H and O–H groups in total. The Balaban J connectivity index is 2.48. The van der Waals surface area contributed by atoms with Crippen LogP contribution in [0.15, 0.2) is 24.4 Å². The van der Waals surface area contributed by atoms with Crippen molar-refractivity contribution in [2.24, 2.45) is 0 Å². The summed E-state index contributed by atoms with van der Waals surface area (Å²) in [6.07, 6.45) is 2.69. The summed E-state index contributed by atoms with van der Waals surface area (Å²) in [7, 11) is 0. The molecule has 0 unspecified atom stereocenters. The molecule has 2 aromatic rings. The van der Waals surface area contributed by atoms with Gasteiger partial charge in [-0.15, -0.1) is 0 Å². The van der Waals surface area contributed by atoms with Gasteiger partial charge in [0.2, 0.25) is 0 Å². The Morgan fingerprint density at radius 3 is 2.94 bits per heavy atom. The van der Waals surface area contributed by atoms with E-state index in [1.807, 2.05) is 29.7 Å². The van der Waals surface area contributed by atoms with Gasteiger partial charge in [0.05, 0.1) is 17.1 Å². The monoisotopic (exact) mass is 265 g/mol. The van der Waals surface area contributed by atoms with E-state index in [1.165, 1.54) is 0 Å². The van der Waals surface area contributed by atoms with Crippen molar-refractivity contribution >= 4 is 22.9 Å². The Morgan fingerprint density at radius 1 is 1.50 bits per heavy atom. The van der Waals surface area contributed by atoms with Crippen LogP contribution in [0.25, 0.3) is 5.52 Å². The van der Waals surface area contributed by atoms with E-state index >= 15 is 0 Å². The van der Waals surface area contributed by atoms with Crippen LogP contribution >= 0.6 is 11.6 Å². The van der Waals surface area contributed by atoms with Crippen LogP contribution in [-0.2, 0) is 11.2 Å². The molecule has 0 bridgehead atoms. The highest BCUT2D eigenvalue weighted by molar-refractivity contribution is 6.34. The molecule has 0 aliphatic rings. The third-order valence-electron chi connectivity index (χ3n) is 2.91. The van der Waals surface area contributed by atoms with Crippen LogP contribution in [0.5, 0.6) is 0 Å². The molecule has 0 fully saturated rings. The molecule has 0 saturated carbocycles. The van der Waals surface area contributed by atoms with Crippen molar-refractivity contribution in [3.63, 3.8) is 0 Å². The third-order valence-corrected chi connectivity index (χ3v) is 3.21. The van der Waals surface area contributed by atoms with Gasteiger partial charge < -0.3 is 9.14 Å². The van der Waals surface area contributed by atoms with Gasteiger partial charge in [-0.3, -0.25) is 4.79 Å². The molecule has 0 spiro atoms. The second-order valence-electron chi connectivity index (χ2n) is 4.13. The Kier molecular flexibility index (Phi) is 4.04. The number of nitrogens with zero attached hydrogens (tertiary/aromatic N) is 1. The summed E-state index contributed by atoms with van der Waals surface area (Å²) in [6.45, 7) is 4.87. The highest BCUT2D eigenvalue weighted by atomic mass is 35.5. The lowest BCUT2D eigenvalue weighted by Gasteiger charge is -2.04. The lowest BCUT2D eigenvalue weighted by atomic mass is 10.2. The Hall–Kier alpha value is -1.32. The van der Waals surface area contributed by atoms with Crippen molar-refractivity contribution in [2.75, 3.05) is 13.2 Å². The van der Waals surface area contributed by atoms with E-state index in [0.29, 0.717) is 23.8 Å². The van der Waals surface area contributed by atoms with Gasteiger partial charge in [0.15, 0.2) is 5.78 Å². The van der Waals surface area contributed by atoms with Crippen LogP contribution in [0.4, 0.5) is 0 Å². The number of ketones is 1. The van der Waals surface area contributed by atoms with Crippen LogP contribution in [-0.4, -0.2) is 23.4 Å². The number of pyridine rings is 1. The predicted octanol–water partition coefficient (Wildman–Crippen LogP) is 3.37. The average molecular weight is 266 g/mol. The molecule has 0 amide bonds. The molecule has 18 heavy (non-hydrogen) atoms. The number of carbonyl (C=O) groups is 1. The number of fused-ring (bicyclic) bond motifs is 1. The van der Waals surface area contributed by atoms with Gasteiger partial charge in [-0.25, -0.2) is 0 Å². The van der Waals surface area contributed by atoms with Crippen LogP contribution in [0.2, 0.25) is 5.02 Å². The number of rotatable bonds is 5. The summed E-state index contributed by atoms with van der Waals surface area (Å²) >= 11 is 6.18. The molecule has 0 atom stereocenters. The normalized spacial score (nSPS) is 11.1. The van der Waals surface area contributed by atoms with Gasteiger partial charge in [-0.2, -0.15) is 0 Å². The van der Waals surface area contributed by atoms with Gasteiger partial charge in [0, 0.05) is 30.5 Å². The summed E-state index contributed by atoms with van der Waals surface area (Å²) in [5.74, 6) is 0.0308. The number of aromatic nitrogens is 1. The highest BCUT2D eigenvalue weighted by Crippen LogP contribution is 2.25. The SMILES string of the molecule is CCOCCc1cc(C(C)=O)c2c(Cl)cccn12. The lowest BCUT2D eigenvalue weighted by molar-refractivity contribution is 0.101. The maximum Gasteiger partial charge on any atom is 0.162 e. The topological polar surface area (TPSA) is 30.7 Å². The van der Waals surface area contributed by atoms with Crippen molar-refractivity contribution < 1.29 is 9.53 Å². The lowest BCUT2D eigenvalue weighted by Crippen LogP contribution is -2.00. The molecule has 0 radical (unpaired) electrons. The van der Waals surface area contributed by atoms with Gasteiger partial charge in [0.25, 0.3) is 0 Å². The number of carbonyl (C=O) groups excluding carboxylic acids is 1. The average Bonchev–Trinajstić information content (AvgIpc) is 2.70. The second-order valence-corrected chi connectivity index (χ2v) is 4.53. The first-order chi connectivity index (χ1) is 8.65. The number of ether oxygens (including phenoxy) is 1. The summed E-state index contributed by atoms with van der Waals surface area (Å²) in [5.41, 5.74) is 2.51. The molecule has 2 aromatic heterocycles. The molecule has 2 heterocycles. The van der Waals surface area contributed by atoms with E-state index in [4.69, 9.17) is 16.3 Å². The van der Waals surface area contributed by atoms with E-state index < -0.39 is 0 Å². The van der Waals surface area contributed by atoms with Crippen molar-refractivity contribution in [1.82, 2.24) is 4.40 Å². The molecule has 2 rings (SSSR count). The Morgan fingerprint density at radius 2 is 2.28 bits per heavy atom. The van der Waals surface area contributed by atoms with Gasteiger partial charge >= 0.3 is 0 Å². The number of hydrogen-bond donors (Lipinski definition) is 0. The minimum absolute atomic E-state index is 0.0308. The van der Waals surface area contributed by atoms with Crippen LogP contribution in [0.1, 0.15) is 29.9 Å². The molecule has 0 aliphatic carbocycles. The predicted molar refractivity (Wildman–Crippen MR) is 72.6 cm³/mol. The fraction of sp³-hybridized carbons (Fsp3) is 0.357. The van der Waals surface area contributed by atoms with Crippen molar-refractivity contribution in [2.45, 2.75) is 20.3 Å². The number of hydrogen-bond acceptors (Lipinski definition) is 2. The van der Waals surface area contributed by atoms with Crippen molar-refractivity contribution in [3.8, 4) is 0 Å². The smallest absolute Gasteiger partial charge is 0.162 e. The Bertz CT molecular complexity index is 574. The van der Waals surface area contributed by atoms with Crippen LogP contribution < -0.4 is 0 Å². The fourth-order valence-electron chi connectivity index (χ4n) is 2.07. The van der Waals surface area contributed by atoms with Gasteiger partial charge in [-0.1, -0.05) is 11.6 Å².